The summed E-state index contributed by atoms with van der Waals surface area (Å²) < 4.78 is 5.77. The zero-order valence-electron chi connectivity index (χ0n) is 12.9. The van der Waals surface area contributed by atoms with Crippen LogP contribution in [0.1, 0.15) is 30.0 Å². The molecular weight excluding hydrogens is 276 g/mol. The minimum absolute atomic E-state index is 0.404. The molecular formula is C19H20O3. The number of carbonyl (C=O) groups is 1. The summed E-state index contributed by atoms with van der Waals surface area (Å²) in [6, 6.07) is 15.7. The van der Waals surface area contributed by atoms with Crippen LogP contribution in [0, 0.1) is 6.92 Å². The highest BCUT2D eigenvalue weighted by Gasteiger charge is 2.06. The third-order valence-electron chi connectivity index (χ3n) is 3.47. The average molecular weight is 296 g/mol. The van der Waals surface area contributed by atoms with E-state index in [-0.39, 0.29) is 0 Å². The summed E-state index contributed by atoms with van der Waals surface area (Å²) in [4.78, 5) is 11.1. The predicted octanol–water partition coefficient (Wildman–Crippen LogP) is 4.45. The highest BCUT2D eigenvalue weighted by Crippen LogP contribution is 2.21. The topological polar surface area (TPSA) is 46.5 Å². The summed E-state index contributed by atoms with van der Waals surface area (Å²) in [7, 11) is 0. The Kier molecular flexibility index (Phi) is 5.37. The minimum atomic E-state index is -0.869. The zero-order chi connectivity index (χ0) is 15.9. The normalized spacial score (nSPS) is 11.3. The van der Waals surface area contributed by atoms with Gasteiger partial charge in [0.1, 0.15) is 12.4 Å². The number of carboxylic acid groups (broad SMARTS) is 1. The Morgan fingerprint density at radius 1 is 1.18 bits per heavy atom. The average Bonchev–Trinajstić information content (AvgIpc) is 2.52. The molecule has 0 saturated carbocycles. The quantitative estimate of drug-likeness (QED) is 0.801. The van der Waals surface area contributed by atoms with Crippen molar-refractivity contribution in [2.24, 2.45) is 0 Å². The van der Waals surface area contributed by atoms with Crippen molar-refractivity contribution in [2.75, 3.05) is 0 Å². The van der Waals surface area contributed by atoms with Gasteiger partial charge in [0, 0.05) is 5.57 Å². The molecule has 114 valence electrons. The fourth-order valence-electron chi connectivity index (χ4n) is 2.14. The number of benzene rings is 2. The van der Waals surface area contributed by atoms with Crippen LogP contribution in [0.5, 0.6) is 5.75 Å². The summed E-state index contributed by atoms with van der Waals surface area (Å²) in [5.41, 5.74) is 3.42. The van der Waals surface area contributed by atoms with Gasteiger partial charge in [-0.25, -0.2) is 4.79 Å². The van der Waals surface area contributed by atoms with E-state index in [4.69, 9.17) is 9.84 Å². The predicted molar refractivity (Wildman–Crippen MR) is 87.9 cm³/mol. The molecule has 0 amide bonds. The van der Waals surface area contributed by atoms with Crippen LogP contribution in [0.2, 0.25) is 0 Å². The molecule has 0 heterocycles. The van der Waals surface area contributed by atoms with Gasteiger partial charge in [0.15, 0.2) is 0 Å². The number of aryl methyl sites for hydroxylation is 1. The Bertz CT molecular complexity index is 672. The Hall–Kier alpha value is -2.55. The van der Waals surface area contributed by atoms with E-state index in [1.54, 1.807) is 6.08 Å². The van der Waals surface area contributed by atoms with Gasteiger partial charge in [-0.1, -0.05) is 43.3 Å². The van der Waals surface area contributed by atoms with E-state index in [1.807, 2.05) is 62.4 Å². The molecule has 2 aromatic rings. The Morgan fingerprint density at radius 3 is 2.50 bits per heavy atom. The molecule has 0 spiro atoms. The van der Waals surface area contributed by atoms with Crippen molar-refractivity contribution >= 4 is 12.0 Å². The largest absolute Gasteiger partial charge is 0.489 e. The molecule has 0 bridgehead atoms. The van der Waals surface area contributed by atoms with Gasteiger partial charge in [0.2, 0.25) is 0 Å². The van der Waals surface area contributed by atoms with Crippen LogP contribution < -0.4 is 4.74 Å². The molecule has 1 N–H and O–H groups in total. The molecule has 2 rings (SSSR count). The van der Waals surface area contributed by atoms with Crippen molar-refractivity contribution in [3.63, 3.8) is 0 Å². The van der Waals surface area contributed by atoms with Crippen LogP contribution >= 0.6 is 0 Å². The number of hydrogen-bond donors (Lipinski definition) is 1. The molecule has 0 aliphatic heterocycles. The molecule has 0 atom stereocenters. The number of ether oxygens (including phenoxy) is 1. The molecule has 22 heavy (non-hydrogen) atoms. The summed E-state index contributed by atoms with van der Waals surface area (Å²) in [5.74, 6) is -0.0850. The van der Waals surface area contributed by atoms with E-state index in [0.717, 1.165) is 22.4 Å². The lowest BCUT2D eigenvalue weighted by Crippen LogP contribution is -1.99. The maximum absolute atomic E-state index is 11.1. The number of aliphatic carboxylic acids is 1. The number of hydrogen-bond acceptors (Lipinski definition) is 2. The van der Waals surface area contributed by atoms with Crippen molar-refractivity contribution in [1.29, 1.82) is 0 Å². The van der Waals surface area contributed by atoms with Crippen molar-refractivity contribution < 1.29 is 14.6 Å². The highest BCUT2D eigenvalue weighted by atomic mass is 16.5. The lowest BCUT2D eigenvalue weighted by molar-refractivity contribution is -0.132. The second-order valence-electron chi connectivity index (χ2n) is 5.12. The van der Waals surface area contributed by atoms with Crippen LogP contribution in [0.4, 0.5) is 0 Å². The van der Waals surface area contributed by atoms with E-state index in [9.17, 15) is 4.79 Å². The molecule has 3 heteroatoms. The summed E-state index contributed by atoms with van der Waals surface area (Å²) in [6.45, 7) is 4.31. The molecule has 0 aliphatic rings. The third kappa shape index (κ3) is 4.22. The van der Waals surface area contributed by atoms with Crippen molar-refractivity contribution in [1.82, 2.24) is 0 Å². The van der Waals surface area contributed by atoms with Crippen LogP contribution in [-0.4, -0.2) is 11.1 Å². The molecule has 0 radical (unpaired) electrons. The van der Waals surface area contributed by atoms with Gasteiger partial charge in [-0.3, -0.25) is 0 Å². The van der Waals surface area contributed by atoms with E-state index < -0.39 is 5.97 Å². The van der Waals surface area contributed by atoms with Crippen LogP contribution in [0.15, 0.2) is 54.1 Å². The van der Waals surface area contributed by atoms with Crippen molar-refractivity contribution in [3.05, 3.63) is 70.8 Å². The van der Waals surface area contributed by atoms with Gasteiger partial charge < -0.3 is 9.84 Å². The first-order valence-electron chi connectivity index (χ1n) is 7.31. The van der Waals surface area contributed by atoms with Gasteiger partial charge in [0.25, 0.3) is 0 Å². The molecule has 0 unspecified atom stereocenters. The highest BCUT2D eigenvalue weighted by molar-refractivity contribution is 5.92. The van der Waals surface area contributed by atoms with Crippen LogP contribution in [0.3, 0.4) is 0 Å². The van der Waals surface area contributed by atoms with Crippen LogP contribution in [-0.2, 0) is 11.4 Å². The molecule has 3 nitrogen and oxygen atoms in total. The van der Waals surface area contributed by atoms with Gasteiger partial charge >= 0.3 is 5.97 Å². The summed E-state index contributed by atoms with van der Waals surface area (Å²) >= 11 is 0. The van der Waals surface area contributed by atoms with Gasteiger partial charge in [-0.05, 0) is 48.2 Å². The van der Waals surface area contributed by atoms with Crippen molar-refractivity contribution in [2.45, 2.75) is 26.9 Å². The maximum atomic E-state index is 11.1. The fraction of sp³-hybridized carbons (Fsp3) is 0.211. The molecule has 0 fully saturated rings. The maximum Gasteiger partial charge on any atom is 0.331 e. The molecule has 0 aromatic heterocycles. The Morgan fingerprint density at radius 2 is 1.91 bits per heavy atom. The van der Waals surface area contributed by atoms with E-state index in [0.29, 0.717) is 18.6 Å². The standard InChI is InChI=1S/C19H20O3/c1-3-16(19(20)21)12-17-9-10-18(11-14(17)2)22-13-15-7-5-4-6-8-15/h4-12H,3,13H2,1-2H3,(H,20,21)/b16-12+. The summed E-state index contributed by atoms with van der Waals surface area (Å²) in [5, 5.41) is 9.10. The Labute approximate surface area is 130 Å². The van der Waals surface area contributed by atoms with E-state index in [1.165, 1.54) is 0 Å². The lowest BCUT2D eigenvalue weighted by atomic mass is 10.0. The van der Waals surface area contributed by atoms with Gasteiger partial charge in [-0.15, -0.1) is 0 Å². The van der Waals surface area contributed by atoms with Gasteiger partial charge in [-0.2, -0.15) is 0 Å². The smallest absolute Gasteiger partial charge is 0.331 e. The van der Waals surface area contributed by atoms with Crippen molar-refractivity contribution in [3.8, 4) is 5.75 Å². The number of rotatable bonds is 6. The molecule has 0 aliphatic carbocycles. The third-order valence-corrected chi connectivity index (χ3v) is 3.47. The fourth-order valence-corrected chi connectivity index (χ4v) is 2.14. The Balaban J connectivity index is 2.11. The second kappa shape index (κ2) is 7.46. The minimum Gasteiger partial charge on any atom is -0.489 e. The SMILES string of the molecule is CC/C(=C\c1ccc(OCc2ccccc2)cc1C)C(=O)O. The first-order chi connectivity index (χ1) is 10.6. The molecule has 0 saturated heterocycles. The summed E-state index contributed by atoms with van der Waals surface area (Å²) in [6.07, 6.45) is 2.22. The monoisotopic (exact) mass is 296 g/mol. The first-order valence-corrected chi connectivity index (χ1v) is 7.31. The zero-order valence-corrected chi connectivity index (χ0v) is 12.9. The van der Waals surface area contributed by atoms with E-state index >= 15 is 0 Å². The van der Waals surface area contributed by atoms with Crippen LogP contribution in [0.25, 0.3) is 6.08 Å². The lowest BCUT2D eigenvalue weighted by Gasteiger charge is -2.09. The number of carboxylic acids is 1. The second-order valence-corrected chi connectivity index (χ2v) is 5.12. The first kappa shape index (κ1) is 15.8. The van der Waals surface area contributed by atoms with Gasteiger partial charge in [0.05, 0.1) is 0 Å². The van der Waals surface area contributed by atoms with E-state index in [2.05, 4.69) is 0 Å². The molecule has 2 aromatic carbocycles.